The van der Waals surface area contributed by atoms with Gasteiger partial charge in [0.2, 0.25) is 0 Å². The summed E-state index contributed by atoms with van der Waals surface area (Å²) in [5.74, 6) is -1.87. The normalized spacial score (nSPS) is 14.6. The van der Waals surface area contributed by atoms with Crippen LogP contribution in [0.2, 0.25) is 0 Å². The summed E-state index contributed by atoms with van der Waals surface area (Å²) in [4.78, 5) is 46.1. The number of hydrogen-bond acceptors (Lipinski definition) is 7. The Kier molecular flexibility index (Phi) is 7.07. The van der Waals surface area contributed by atoms with Crippen LogP contribution in [0.5, 0.6) is 5.75 Å². The van der Waals surface area contributed by atoms with Gasteiger partial charge in [-0.2, -0.15) is 0 Å². The lowest BCUT2D eigenvalue weighted by Gasteiger charge is -2.15. The molecule has 2 aromatic rings. The lowest BCUT2D eigenvalue weighted by atomic mass is 9.98. The molecular formula is C25H22O8. The van der Waals surface area contributed by atoms with Crippen molar-refractivity contribution in [3.63, 3.8) is 0 Å². The second-order valence-corrected chi connectivity index (χ2v) is 7.17. The van der Waals surface area contributed by atoms with Gasteiger partial charge in [0.25, 0.3) is 0 Å². The van der Waals surface area contributed by atoms with Gasteiger partial charge in [0, 0.05) is 6.42 Å². The second-order valence-electron chi connectivity index (χ2n) is 7.17. The molecule has 0 atom stereocenters. The summed E-state index contributed by atoms with van der Waals surface area (Å²) >= 11 is 0. The number of aromatic carboxylic acids is 1. The molecular weight excluding hydrogens is 428 g/mol. The van der Waals surface area contributed by atoms with E-state index in [4.69, 9.17) is 9.47 Å². The molecule has 0 unspecified atom stereocenters. The average molecular weight is 450 g/mol. The van der Waals surface area contributed by atoms with Crippen molar-refractivity contribution in [3.05, 3.63) is 87.7 Å². The fourth-order valence-electron chi connectivity index (χ4n) is 3.51. The van der Waals surface area contributed by atoms with Crippen LogP contribution in [0.25, 0.3) is 0 Å². The van der Waals surface area contributed by atoms with Gasteiger partial charge in [-0.3, -0.25) is 4.79 Å². The average Bonchev–Trinajstić information content (AvgIpc) is 3.10. The van der Waals surface area contributed by atoms with E-state index in [9.17, 15) is 24.3 Å². The minimum absolute atomic E-state index is 0. The molecule has 8 nitrogen and oxygen atoms in total. The van der Waals surface area contributed by atoms with E-state index in [-0.39, 0.29) is 48.7 Å². The maximum Gasteiger partial charge on any atom is 0.350 e. The number of ether oxygens (including phenoxy) is 3. The Balaban J connectivity index is 0.00000306. The van der Waals surface area contributed by atoms with Crippen molar-refractivity contribution in [2.75, 3.05) is 0 Å². The van der Waals surface area contributed by atoms with Crippen molar-refractivity contribution in [2.45, 2.75) is 33.5 Å². The Morgan fingerprint density at radius 2 is 1.67 bits per heavy atom. The first-order valence-corrected chi connectivity index (χ1v) is 9.83. The fraction of sp³-hybridized carbons (Fsp3) is 0.200. The highest BCUT2D eigenvalue weighted by molar-refractivity contribution is 6.18. The molecule has 170 valence electrons. The number of carboxylic acid groups (broad SMARTS) is 1. The Bertz CT molecular complexity index is 1170. The molecule has 0 spiro atoms. The van der Waals surface area contributed by atoms with E-state index in [0.717, 1.165) is 11.1 Å². The van der Waals surface area contributed by atoms with E-state index >= 15 is 0 Å². The van der Waals surface area contributed by atoms with E-state index in [1.165, 1.54) is 12.1 Å². The fourth-order valence-corrected chi connectivity index (χ4v) is 3.51. The van der Waals surface area contributed by atoms with Crippen LogP contribution in [0.3, 0.4) is 0 Å². The molecule has 0 radical (unpaired) electrons. The summed E-state index contributed by atoms with van der Waals surface area (Å²) in [5, 5.41) is 9.18. The summed E-state index contributed by atoms with van der Waals surface area (Å²) in [6.45, 7) is 0.354. The van der Waals surface area contributed by atoms with Crippen LogP contribution >= 0.6 is 0 Å². The number of esters is 2. The van der Waals surface area contributed by atoms with Gasteiger partial charge in [-0.25, -0.2) is 14.4 Å². The first-order valence-electron chi connectivity index (χ1n) is 9.83. The molecule has 0 bridgehead atoms. The summed E-state index contributed by atoms with van der Waals surface area (Å²) in [5.41, 5.74) is 2.00. The van der Waals surface area contributed by atoms with Gasteiger partial charge in [-0.1, -0.05) is 43.8 Å². The number of hydrogen-bond donors (Lipinski definition) is 1. The van der Waals surface area contributed by atoms with Crippen molar-refractivity contribution < 1.29 is 38.5 Å². The first-order chi connectivity index (χ1) is 15.5. The van der Waals surface area contributed by atoms with Crippen molar-refractivity contribution in [1.82, 2.24) is 0 Å². The van der Waals surface area contributed by atoms with Crippen LogP contribution in [-0.2, 0) is 32.3 Å². The van der Waals surface area contributed by atoms with Gasteiger partial charge < -0.3 is 19.3 Å². The number of cyclic esters (lactones) is 2. The third-order valence-corrected chi connectivity index (χ3v) is 5.12. The van der Waals surface area contributed by atoms with E-state index in [0.29, 0.717) is 24.9 Å². The van der Waals surface area contributed by atoms with Gasteiger partial charge in [-0.15, -0.1) is 0 Å². The number of carbonyl (C=O) groups excluding carboxylic acids is 3. The molecule has 1 heterocycles. The minimum atomic E-state index is -1.20. The zero-order valence-electron chi connectivity index (χ0n) is 16.8. The third kappa shape index (κ3) is 4.85. The zero-order chi connectivity index (χ0) is 22.7. The Morgan fingerprint density at radius 1 is 1.00 bits per heavy atom. The standard InChI is InChI=1S/C24H18O8.CH4/c25-11-18-16(22(26)27)3-1-5-19(18)30-12-14-7-9-15(10-8-14)13-31-20-6-2-4-17-21(20)24(29)32-23(17)28;/h1,3-5,7-11H,2,6,12-13H2,(H,26,27);1H4. The van der Waals surface area contributed by atoms with Crippen molar-refractivity contribution in [2.24, 2.45) is 0 Å². The molecule has 0 amide bonds. The largest absolute Gasteiger partial charge is 0.492 e. The number of aldehydes is 1. The Hall–Kier alpha value is -4.20. The third-order valence-electron chi connectivity index (χ3n) is 5.12. The molecule has 33 heavy (non-hydrogen) atoms. The quantitative estimate of drug-likeness (QED) is 0.365. The lowest BCUT2D eigenvalue weighted by Crippen LogP contribution is -2.07. The highest BCUT2D eigenvalue weighted by Gasteiger charge is 2.38. The number of fused-ring (bicyclic) bond motifs is 1. The summed E-state index contributed by atoms with van der Waals surface area (Å²) in [6.07, 6.45) is 3.27. The number of carboxylic acids is 1. The Labute approximate surface area is 190 Å². The smallest absolute Gasteiger partial charge is 0.350 e. The maximum absolute atomic E-state index is 11.9. The van der Waals surface area contributed by atoms with Crippen LogP contribution in [0, 0.1) is 0 Å². The molecule has 1 saturated heterocycles. The molecule has 2 aromatic carbocycles. The molecule has 2 aliphatic rings. The molecule has 4 rings (SSSR count). The van der Waals surface area contributed by atoms with Gasteiger partial charge >= 0.3 is 17.9 Å². The van der Waals surface area contributed by atoms with Gasteiger partial charge in [-0.05, 0) is 29.7 Å². The summed E-state index contributed by atoms with van der Waals surface area (Å²) < 4.78 is 16.1. The molecule has 1 N–H and O–H groups in total. The topological polar surface area (TPSA) is 116 Å². The maximum atomic E-state index is 11.9. The predicted octanol–water partition coefficient (Wildman–Crippen LogP) is 3.99. The van der Waals surface area contributed by atoms with Crippen molar-refractivity contribution in [1.29, 1.82) is 0 Å². The number of carbonyl (C=O) groups is 4. The first kappa shape index (κ1) is 23.5. The Morgan fingerprint density at radius 3 is 2.30 bits per heavy atom. The number of benzene rings is 2. The second kappa shape index (κ2) is 9.95. The monoisotopic (exact) mass is 450 g/mol. The molecule has 1 aliphatic heterocycles. The lowest BCUT2D eigenvalue weighted by molar-refractivity contribution is -0.149. The van der Waals surface area contributed by atoms with E-state index in [1.807, 2.05) is 24.3 Å². The van der Waals surface area contributed by atoms with Gasteiger partial charge in [0.1, 0.15) is 30.3 Å². The summed E-state index contributed by atoms with van der Waals surface area (Å²) in [6, 6.07) is 11.7. The number of allylic oxidation sites excluding steroid dienone is 2. The SMILES string of the molecule is C.O=Cc1c(OCc2ccc(COC3=C4C(=O)OC(=O)C4=CCC3)cc2)cccc1C(=O)O. The highest BCUT2D eigenvalue weighted by Crippen LogP contribution is 2.33. The van der Waals surface area contributed by atoms with Crippen LogP contribution in [0.15, 0.2) is 65.4 Å². The predicted molar refractivity (Wildman–Crippen MR) is 117 cm³/mol. The molecule has 0 aromatic heterocycles. The van der Waals surface area contributed by atoms with Crippen LogP contribution < -0.4 is 4.74 Å². The van der Waals surface area contributed by atoms with Crippen molar-refractivity contribution >= 4 is 24.2 Å². The van der Waals surface area contributed by atoms with Crippen molar-refractivity contribution in [3.8, 4) is 5.75 Å². The molecule has 0 saturated carbocycles. The highest BCUT2D eigenvalue weighted by atomic mass is 16.6. The van der Waals surface area contributed by atoms with Crippen LogP contribution in [0.4, 0.5) is 0 Å². The molecule has 8 heteroatoms. The van der Waals surface area contributed by atoms with E-state index < -0.39 is 17.9 Å². The van der Waals surface area contributed by atoms with E-state index in [1.54, 1.807) is 12.1 Å². The molecule has 1 fully saturated rings. The number of rotatable bonds is 8. The summed E-state index contributed by atoms with van der Waals surface area (Å²) in [7, 11) is 0. The van der Waals surface area contributed by atoms with Gasteiger partial charge in [0.05, 0.1) is 16.7 Å². The van der Waals surface area contributed by atoms with Gasteiger partial charge in [0.15, 0.2) is 6.29 Å². The zero-order valence-corrected chi connectivity index (χ0v) is 16.8. The minimum Gasteiger partial charge on any atom is -0.492 e. The molecule has 1 aliphatic carbocycles. The van der Waals surface area contributed by atoms with Crippen LogP contribution in [0.1, 0.15) is 52.1 Å². The van der Waals surface area contributed by atoms with E-state index in [2.05, 4.69) is 4.74 Å². The van der Waals surface area contributed by atoms with Crippen LogP contribution in [-0.4, -0.2) is 29.3 Å².